The third kappa shape index (κ3) is 3.75. The summed E-state index contributed by atoms with van der Waals surface area (Å²) in [5.74, 6) is 1.31. The summed E-state index contributed by atoms with van der Waals surface area (Å²) in [4.78, 5) is 4.36. The van der Waals surface area contributed by atoms with E-state index in [0.29, 0.717) is 23.8 Å². The van der Waals surface area contributed by atoms with Crippen LogP contribution in [0.4, 0.5) is 8.78 Å². The van der Waals surface area contributed by atoms with Gasteiger partial charge in [-0.25, -0.2) is 0 Å². The van der Waals surface area contributed by atoms with Crippen LogP contribution >= 0.6 is 15.9 Å². The van der Waals surface area contributed by atoms with E-state index in [-0.39, 0.29) is 11.3 Å². The van der Waals surface area contributed by atoms with Crippen LogP contribution in [0.2, 0.25) is 0 Å². The van der Waals surface area contributed by atoms with Crippen LogP contribution in [-0.4, -0.2) is 16.8 Å². The van der Waals surface area contributed by atoms with Crippen molar-refractivity contribution in [3.63, 3.8) is 0 Å². The summed E-state index contributed by atoms with van der Waals surface area (Å²) in [6, 6.07) is 4.98. The van der Waals surface area contributed by atoms with Crippen molar-refractivity contribution >= 4 is 15.9 Å². The maximum Gasteiger partial charge on any atom is 0.387 e. The monoisotopic (exact) mass is 401 g/mol. The predicted molar refractivity (Wildman–Crippen MR) is 86.8 cm³/mol. The minimum absolute atomic E-state index is 0.165. The van der Waals surface area contributed by atoms with Gasteiger partial charge in [0, 0.05) is 23.5 Å². The Morgan fingerprint density at radius 2 is 2.12 bits per heavy atom. The number of hydrogen-bond donors (Lipinski definition) is 1. The third-order valence-electron chi connectivity index (χ3n) is 4.27. The molecular formula is C16H18BrF2N3O2. The van der Waals surface area contributed by atoms with Crippen LogP contribution in [-0.2, 0) is 12.1 Å². The van der Waals surface area contributed by atoms with E-state index in [0.717, 1.165) is 30.2 Å². The van der Waals surface area contributed by atoms with Crippen LogP contribution in [0.3, 0.4) is 0 Å². The Balaban J connectivity index is 1.82. The zero-order valence-electron chi connectivity index (χ0n) is 13.2. The molecule has 1 aliphatic carbocycles. The molecule has 1 aromatic carbocycles. The molecule has 1 fully saturated rings. The van der Waals surface area contributed by atoms with Gasteiger partial charge in [-0.1, -0.05) is 33.9 Å². The maximum absolute atomic E-state index is 12.6. The number of ether oxygens (including phenoxy) is 1. The molecule has 0 radical (unpaired) electrons. The van der Waals surface area contributed by atoms with Gasteiger partial charge >= 0.3 is 6.61 Å². The summed E-state index contributed by atoms with van der Waals surface area (Å²) in [7, 11) is 0. The number of aryl methyl sites for hydroxylation is 1. The van der Waals surface area contributed by atoms with Crippen molar-refractivity contribution in [2.75, 3.05) is 0 Å². The highest BCUT2D eigenvalue weighted by Crippen LogP contribution is 2.38. The first-order chi connectivity index (χ1) is 11.5. The first kappa shape index (κ1) is 17.3. The van der Waals surface area contributed by atoms with E-state index in [1.165, 1.54) is 6.07 Å². The zero-order valence-corrected chi connectivity index (χ0v) is 14.8. The lowest BCUT2D eigenvalue weighted by Crippen LogP contribution is -2.40. The Bertz CT molecular complexity index is 702. The molecule has 5 nitrogen and oxygen atoms in total. The van der Waals surface area contributed by atoms with Crippen molar-refractivity contribution in [1.29, 1.82) is 0 Å². The fourth-order valence-corrected chi connectivity index (χ4v) is 3.52. The molecule has 24 heavy (non-hydrogen) atoms. The van der Waals surface area contributed by atoms with Crippen LogP contribution in [0, 0.1) is 6.92 Å². The van der Waals surface area contributed by atoms with Gasteiger partial charge < -0.3 is 14.6 Å². The van der Waals surface area contributed by atoms with Crippen LogP contribution in [0.5, 0.6) is 5.75 Å². The normalized spacial score (nSPS) is 16.7. The highest BCUT2D eigenvalue weighted by atomic mass is 79.9. The van der Waals surface area contributed by atoms with E-state index < -0.39 is 6.61 Å². The Hall–Kier alpha value is -1.54. The summed E-state index contributed by atoms with van der Waals surface area (Å²) in [6.45, 7) is -0.734. The second kappa shape index (κ2) is 7.14. The van der Waals surface area contributed by atoms with Gasteiger partial charge in [0.05, 0.1) is 5.54 Å². The van der Waals surface area contributed by atoms with Crippen molar-refractivity contribution in [2.45, 2.75) is 51.3 Å². The van der Waals surface area contributed by atoms with Crippen LogP contribution in [0.1, 0.15) is 43.0 Å². The van der Waals surface area contributed by atoms with E-state index in [1.807, 2.05) is 0 Å². The molecule has 8 heteroatoms. The number of nitrogens with one attached hydrogen (secondary N) is 1. The summed E-state index contributed by atoms with van der Waals surface area (Å²) < 4.78 is 35.7. The standard InChI is InChI=1S/C16H18BrF2N3O2/c1-10-21-14(22-24-10)16(6-2-3-7-16)20-9-11-8-12(17)4-5-13(11)23-15(18)19/h4-5,8,15,20H,2-3,6-7,9H2,1H3. The number of hydrogen-bond acceptors (Lipinski definition) is 5. The van der Waals surface area contributed by atoms with Crippen LogP contribution in [0.25, 0.3) is 0 Å². The number of rotatable bonds is 6. The highest BCUT2D eigenvalue weighted by molar-refractivity contribution is 9.10. The molecule has 0 amide bonds. The number of halogens is 3. The molecule has 0 atom stereocenters. The van der Waals surface area contributed by atoms with E-state index in [9.17, 15) is 8.78 Å². The number of nitrogens with zero attached hydrogens (tertiary/aromatic N) is 2. The summed E-state index contributed by atoms with van der Waals surface area (Å²) in [5, 5.41) is 7.51. The van der Waals surface area contributed by atoms with Crippen LogP contribution in [0.15, 0.2) is 27.2 Å². The second-order valence-corrected chi connectivity index (χ2v) is 6.83. The molecule has 0 bridgehead atoms. The molecule has 0 spiro atoms. The molecule has 1 aliphatic rings. The average molecular weight is 402 g/mol. The summed E-state index contributed by atoms with van der Waals surface area (Å²) >= 11 is 3.37. The van der Waals surface area contributed by atoms with Crippen molar-refractivity contribution in [3.05, 3.63) is 40.0 Å². The van der Waals surface area contributed by atoms with Gasteiger partial charge in [0.2, 0.25) is 5.89 Å². The first-order valence-corrected chi connectivity index (χ1v) is 8.57. The Labute approximate surface area is 146 Å². The lowest BCUT2D eigenvalue weighted by Gasteiger charge is -2.27. The number of alkyl halides is 2. The van der Waals surface area contributed by atoms with E-state index in [1.54, 1.807) is 19.1 Å². The lowest BCUT2D eigenvalue weighted by atomic mass is 9.96. The summed E-state index contributed by atoms with van der Waals surface area (Å²) in [5.41, 5.74) is 0.263. The van der Waals surface area contributed by atoms with Gasteiger partial charge in [-0.3, -0.25) is 0 Å². The lowest BCUT2D eigenvalue weighted by molar-refractivity contribution is -0.0505. The SMILES string of the molecule is Cc1nc(C2(NCc3cc(Br)ccc3OC(F)F)CCCC2)no1. The molecule has 1 heterocycles. The van der Waals surface area contributed by atoms with Gasteiger partial charge in [0.15, 0.2) is 5.82 Å². The molecule has 1 N–H and O–H groups in total. The molecule has 0 unspecified atom stereocenters. The smallest absolute Gasteiger partial charge is 0.387 e. The van der Waals surface area contributed by atoms with Gasteiger partial charge in [0.1, 0.15) is 5.75 Å². The fourth-order valence-electron chi connectivity index (χ4n) is 3.11. The molecule has 0 aliphatic heterocycles. The van der Waals surface area contributed by atoms with Crippen molar-refractivity contribution in [3.8, 4) is 5.75 Å². The minimum Gasteiger partial charge on any atom is -0.434 e. The van der Waals surface area contributed by atoms with Gasteiger partial charge in [-0.05, 0) is 31.0 Å². The van der Waals surface area contributed by atoms with Gasteiger partial charge in [-0.15, -0.1) is 0 Å². The maximum atomic E-state index is 12.6. The molecule has 3 rings (SSSR count). The Morgan fingerprint density at radius 3 is 2.75 bits per heavy atom. The zero-order chi connectivity index (χ0) is 17.2. The fraction of sp³-hybridized carbons (Fsp3) is 0.500. The van der Waals surface area contributed by atoms with Crippen molar-refractivity contribution < 1.29 is 18.0 Å². The van der Waals surface area contributed by atoms with E-state index in [2.05, 4.69) is 36.1 Å². The Morgan fingerprint density at radius 1 is 1.38 bits per heavy atom. The first-order valence-electron chi connectivity index (χ1n) is 7.78. The summed E-state index contributed by atoms with van der Waals surface area (Å²) in [6.07, 6.45) is 3.87. The molecule has 0 saturated heterocycles. The molecule has 130 valence electrons. The van der Waals surface area contributed by atoms with E-state index >= 15 is 0 Å². The predicted octanol–water partition coefficient (Wildman–Crippen LogP) is 4.30. The minimum atomic E-state index is -2.86. The third-order valence-corrected chi connectivity index (χ3v) is 4.76. The molecule has 1 aromatic heterocycles. The number of aromatic nitrogens is 2. The average Bonchev–Trinajstić information content (AvgIpc) is 3.17. The van der Waals surface area contributed by atoms with Gasteiger partial charge in [-0.2, -0.15) is 13.8 Å². The van der Waals surface area contributed by atoms with E-state index in [4.69, 9.17) is 4.52 Å². The quantitative estimate of drug-likeness (QED) is 0.781. The highest BCUT2D eigenvalue weighted by Gasteiger charge is 2.39. The van der Waals surface area contributed by atoms with Crippen molar-refractivity contribution in [2.24, 2.45) is 0 Å². The molecular weight excluding hydrogens is 384 g/mol. The Kier molecular flexibility index (Phi) is 5.15. The second-order valence-electron chi connectivity index (χ2n) is 5.91. The molecule has 1 saturated carbocycles. The largest absolute Gasteiger partial charge is 0.434 e. The molecule has 2 aromatic rings. The van der Waals surface area contributed by atoms with Crippen LogP contribution < -0.4 is 10.1 Å². The van der Waals surface area contributed by atoms with Crippen molar-refractivity contribution in [1.82, 2.24) is 15.5 Å². The van der Waals surface area contributed by atoms with Gasteiger partial charge in [0.25, 0.3) is 0 Å². The topological polar surface area (TPSA) is 60.2 Å². The number of benzene rings is 1.